The lowest BCUT2D eigenvalue weighted by atomic mass is 10.2. The summed E-state index contributed by atoms with van der Waals surface area (Å²) in [5.41, 5.74) is -0.457. The van der Waals surface area contributed by atoms with Crippen molar-refractivity contribution in [1.82, 2.24) is 15.0 Å². The van der Waals surface area contributed by atoms with Crippen LogP contribution in [0.4, 0.5) is 13.2 Å². The summed E-state index contributed by atoms with van der Waals surface area (Å²) in [7, 11) is 0. The van der Waals surface area contributed by atoms with Gasteiger partial charge < -0.3 is 5.11 Å². The molecule has 0 aliphatic carbocycles. The van der Waals surface area contributed by atoms with Crippen LogP contribution < -0.4 is 0 Å². The molecule has 0 spiro atoms. The van der Waals surface area contributed by atoms with Gasteiger partial charge in [0.25, 0.3) is 0 Å². The van der Waals surface area contributed by atoms with E-state index in [0.717, 1.165) is 0 Å². The SMILES string of the molecule is CCc1c(C(=O)O)nnn1CC(F)(F)F. The van der Waals surface area contributed by atoms with Crippen molar-refractivity contribution in [2.45, 2.75) is 26.1 Å². The van der Waals surface area contributed by atoms with Crippen molar-refractivity contribution in [3.63, 3.8) is 0 Å². The van der Waals surface area contributed by atoms with Crippen LogP contribution in [0, 0.1) is 0 Å². The van der Waals surface area contributed by atoms with Gasteiger partial charge in [0.1, 0.15) is 6.54 Å². The fourth-order valence-electron chi connectivity index (χ4n) is 1.15. The van der Waals surface area contributed by atoms with Gasteiger partial charge in [0.15, 0.2) is 5.69 Å². The van der Waals surface area contributed by atoms with Crippen molar-refractivity contribution in [3.05, 3.63) is 11.4 Å². The predicted octanol–water partition coefficient (Wildman–Crippen LogP) is 1.10. The molecule has 84 valence electrons. The molecule has 1 rings (SSSR count). The van der Waals surface area contributed by atoms with Gasteiger partial charge in [-0.15, -0.1) is 5.10 Å². The van der Waals surface area contributed by atoms with Crippen molar-refractivity contribution in [2.24, 2.45) is 0 Å². The number of aromatic nitrogens is 3. The molecule has 0 aliphatic rings. The summed E-state index contributed by atoms with van der Waals surface area (Å²) in [5.74, 6) is -1.37. The smallest absolute Gasteiger partial charge is 0.408 e. The lowest BCUT2D eigenvalue weighted by Gasteiger charge is -2.07. The van der Waals surface area contributed by atoms with Crippen LogP contribution >= 0.6 is 0 Å². The Kier molecular flexibility index (Phi) is 2.96. The number of carbonyl (C=O) groups is 1. The summed E-state index contributed by atoms with van der Waals surface area (Å²) in [6.45, 7) is 0.217. The molecule has 0 aromatic carbocycles. The van der Waals surface area contributed by atoms with E-state index >= 15 is 0 Å². The second kappa shape index (κ2) is 3.87. The largest absolute Gasteiger partial charge is 0.476 e. The molecule has 8 heteroatoms. The van der Waals surface area contributed by atoms with Crippen molar-refractivity contribution >= 4 is 5.97 Å². The first-order chi connectivity index (χ1) is 6.85. The van der Waals surface area contributed by atoms with Crippen LogP contribution in [0.25, 0.3) is 0 Å². The zero-order valence-corrected chi connectivity index (χ0v) is 7.75. The third kappa shape index (κ3) is 2.67. The van der Waals surface area contributed by atoms with Crippen LogP contribution in [0.15, 0.2) is 0 Å². The molecule has 0 fully saturated rings. The number of alkyl halides is 3. The number of hydrogen-bond acceptors (Lipinski definition) is 3. The van der Waals surface area contributed by atoms with Gasteiger partial charge in [-0.3, -0.25) is 0 Å². The molecule has 0 saturated heterocycles. The normalized spacial score (nSPS) is 11.7. The van der Waals surface area contributed by atoms with Gasteiger partial charge in [-0.05, 0) is 6.42 Å². The average Bonchev–Trinajstić information content (AvgIpc) is 2.44. The molecular weight excluding hydrogens is 215 g/mol. The molecule has 15 heavy (non-hydrogen) atoms. The van der Waals surface area contributed by atoms with Crippen molar-refractivity contribution < 1.29 is 23.1 Å². The van der Waals surface area contributed by atoms with Gasteiger partial charge >= 0.3 is 12.1 Å². The Labute approximate surface area is 82.5 Å². The summed E-state index contributed by atoms with van der Waals surface area (Å²) in [5, 5.41) is 15.0. The Bertz CT molecular complexity index is 372. The van der Waals surface area contributed by atoms with Crippen LogP contribution in [-0.4, -0.2) is 32.2 Å². The number of carboxylic acids is 1. The Morgan fingerprint density at radius 3 is 2.53 bits per heavy atom. The first-order valence-corrected chi connectivity index (χ1v) is 4.07. The Hall–Kier alpha value is -1.60. The number of halogens is 3. The van der Waals surface area contributed by atoms with Crippen molar-refractivity contribution in [3.8, 4) is 0 Å². The Morgan fingerprint density at radius 2 is 2.13 bits per heavy atom. The van der Waals surface area contributed by atoms with Crippen molar-refractivity contribution in [2.75, 3.05) is 0 Å². The average molecular weight is 223 g/mol. The third-order valence-corrected chi connectivity index (χ3v) is 1.70. The van der Waals surface area contributed by atoms with E-state index in [-0.39, 0.29) is 12.1 Å². The van der Waals surface area contributed by atoms with Crippen LogP contribution in [0.2, 0.25) is 0 Å². The van der Waals surface area contributed by atoms with E-state index in [2.05, 4.69) is 10.3 Å². The lowest BCUT2D eigenvalue weighted by Crippen LogP contribution is -2.20. The maximum absolute atomic E-state index is 12.0. The molecular formula is C7H8F3N3O2. The number of aromatic carboxylic acids is 1. The van der Waals surface area contributed by atoms with Gasteiger partial charge in [-0.25, -0.2) is 9.48 Å². The summed E-state index contributed by atoms with van der Waals surface area (Å²) in [4.78, 5) is 10.6. The monoisotopic (exact) mass is 223 g/mol. The van der Waals surface area contributed by atoms with Crippen LogP contribution in [-0.2, 0) is 13.0 Å². The molecule has 0 aliphatic heterocycles. The topological polar surface area (TPSA) is 68.0 Å². The molecule has 5 nitrogen and oxygen atoms in total. The molecule has 0 amide bonds. The predicted molar refractivity (Wildman–Crippen MR) is 42.4 cm³/mol. The van der Waals surface area contributed by atoms with E-state index in [1.54, 1.807) is 0 Å². The highest BCUT2D eigenvalue weighted by Crippen LogP contribution is 2.19. The fraction of sp³-hybridized carbons (Fsp3) is 0.571. The minimum absolute atomic E-state index is 0.0279. The second-order valence-electron chi connectivity index (χ2n) is 2.82. The molecule has 0 radical (unpaired) electrons. The summed E-state index contributed by atoms with van der Waals surface area (Å²) in [6.07, 6.45) is -4.31. The van der Waals surface area contributed by atoms with Crippen molar-refractivity contribution in [1.29, 1.82) is 0 Å². The van der Waals surface area contributed by atoms with E-state index in [4.69, 9.17) is 5.11 Å². The maximum atomic E-state index is 12.0. The highest BCUT2D eigenvalue weighted by atomic mass is 19.4. The second-order valence-corrected chi connectivity index (χ2v) is 2.82. The quantitative estimate of drug-likeness (QED) is 0.833. The molecule has 1 heterocycles. The zero-order valence-electron chi connectivity index (χ0n) is 7.75. The van der Waals surface area contributed by atoms with Gasteiger partial charge in [0.2, 0.25) is 0 Å². The summed E-state index contributed by atoms with van der Waals surface area (Å²) >= 11 is 0. The highest BCUT2D eigenvalue weighted by molar-refractivity contribution is 5.86. The van der Waals surface area contributed by atoms with E-state index < -0.39 is 24.4 Å². The molecule has 1 aromatic rings. The Balaban J connectivity index is 3.05. The fourth-order valence-corrected chi connectivity index (χ4v) is 1.15. The molecule has 0 unspecified atom stereocenters. The van der Waals surface area contributed by atoms with Gasteiger partial charge in [0, 0.05) is 0 Å². The minimum atomic E-state index is -4.44. The van der Waals surface area contributed by atoms with Gasteiger partial charge in [0.05, 0.1) is 5.69 Å². The molecule has 0 atom stereocenters. The standard InChI is InChI=1S/C7H8F3N3O2/c1-2-4-5(6(14)15)11-12-13(4)3-7(8,9)10/h2-3H2,1H3,(H,14,15). The third-order valence-electron chi connectivity index (χ3n) is 1.70. The minimum Gasteiger partial charge on any atom is -0.476 e. The first kappa shape index (κ1) is 11.5. The number of hydrogen-bond donors (Lipinski definition) is 1. The van der Waals surface area contributed by atoms with E-state index in [1.165, 1.54) is 6.92 Å². The van der Waals surface area contributed by atoms with Gasteiger partial charge in [-0.2, -0.15) is 13.2 Å². The molecule has 1 N–H and O–H groups in total. The zero-order chi connectivity index (χ0) is 11.6. The van der Waals surface area contributed by atoms with Crippen LogP contribution in [0.1, 0.15) is 23.1 Å². The number of rotatable bonds is 3. The van der Waals surface area contributed by atoms with E-state index in [0.29, 0.717) is 4.68 Å². The first-order valence-electron chi connectivity index (χ1n) is 4.07. The molecule has 0 bridgehead atoms. The number of carboxylic acid groups (broad SMARTS) is 1. The summed E-state index contributed by atoms with van der Waals surface area (Å²) in [6, 6.07) is 0. The van der Waals surface area contributed by atoms with E-state index in [9.17, 15) is 18.0 Å². The van der Waals surface area contributed by atoms with Crippen LogP contribution in [0.3, 0.4) is 0 Å². The summed E-state index contributed by atoms with van der Waals surface area (Å²) < 4.78 is 36.7. The van der Waals surface area contributed by atoms with E-state index in [1.807, 2.05) is 0 Å². The molecule has 1 aromatic heterocycles. The van der Waals surface area contributed by atoms with Gasteiger partial charge in [-0.1, -0.05) is 12.1 Å². The number of nitrogens with zero attached hydrogens (tertiary/aromatic N) is 3. The van der Waals surface area contributed by atoms with Crippen LogP contribution in [0.5, 0.6) is 0 Å². The Morgan fingerprint density at radius 1 is 1.53 bits per heavy atom. The highest BCUT2D eigenvalue weighted by Gasteiger charge is 2.31. The maximum Gasteiger partial charge on any atom is 0.408 e. The lowest BCUT2D eigenvalue weighted by molar-refractivity contribution is -0.143. The molecule has 0 saturated carbocycles.